The van der Waals surface area contributed by atoms with Gasteiger partial charge in [0.2, 0.25) is 0 Å². The van der Waals surface area contributed by atoms with Crippen molar-refractivity contribution in [1.29, 1.82) is 0 Å². The van der Waals surface area contributed by atoms with Gasteiger partial charge in [-0.05, 0) is 61.1 Å². The van der Waals surface area contributed by atoms with Crippen LogP contribution in [0.5, 0.6) is 0 Å². The fourth-order valence-corrected chi connectivity index (χ4v) is 5.53. The number of nitrogens with one attached hydrogen (secondary N) is 1. The van der Waals surface area contributed by atoms with E-state index in [2.05, 4.69) is 15.1 Å². The molecule has 0 spiro atoms. The summed E-state index contributed by atoms with van der Waals surface area (Å²) in [5.41, 5.74) is 0.321. The smallest absolute Gasteiger partial charge is 0.423 e. The van der Waals surface area contributed by atoms with Crippen LogP contribution in [0.2, 0.25) is 0 Å². The SMILES string of the molecule is Cn1cc(N(C2CCOCC2)S(=O)(=O)[N-]C(=O)Nc2cc(C(F)(F)F)cc3c2CCC3)cn1.[Na+]. The minimum Gasteiger partial charge on any atom is -0.423 e. The van der Waals surface area contributed by atoms with E-state index in [9.17, 15) is 26.4 Å². The fourth-order valence-electron chi connectivity index (χ4n) is 4.24. The molecule has 0 radical (unpaired) electrons. The summed E-state index contributed by atoms with van der Waals surface area (Å²) in [6, 6.07) is 0.134. The Balaban J connectivity index is 0.00000324. The Bertz CT molecular complexity index is 1150. The number of urea groups is 1. The first kappa shape index (κ1) is 26.8. The van der Waals surface area contributed by atoms with Crippen LogP contribution < -0.4 is 39.2 Å². The Morgan fingerprint density at radius 1 is 1.26 bits per heavy atom. The zero-order valence-electron chi connectivity index (χ0n) is 18.8. The summed E-state index contributed by atoms with van der Waals surface area (Å²) in [5.74, 6) is 0. The number of anilines is 2. The number of nitrogens with zero attached hydrogens (tertiary/aromatic N) is 4. The number of aryl methyl sites for hydroxylation is 2. The van der Waals surface area contributed by atoms with Gasteiger partial charge in [0.1, 0.15) is 0 Å². The van der Waals surface area contributed by atoms with Crippen molar-refractivity contribution in [1.82, 2.24) is 9.78 Å². The molecule has 0 unspecified atom stereocenters. The first-order valence-electron chi connectivity index (χ1n) is 10.4. The molecular formula is C20H23F3N5NaO4S. The number of ether oxygens (including phenoxy) is 1. The molecule has 1 saturated heterocycles. The number of halogens is 3. The second kappa shape index (κ2) is 10.4. The quantitative estimate of drug-likeness (QED) is 0.600. The van der Waals surface area contributed by atoms with E-state index in [0.29, 0.717) is 56.4 Å². The summed E-state index contributed by atoms with van der Waals surface area (Å²) in [6.45, 7) is 0.693. The van der Waals surface area contributed by atoms with E-state index in [1.165, 1.54) is 17.1 Å². The molecule has 4 rings (SSSR count). The number of benzene rings is 1. The normalized spacial score (nSPS) is 16.5. The van der Waals surface area contributed by atoms with Gasteiger partial charge in [-0.2, -0.15) is 18.3 Å². The van der Waals surface area contributed by atoms with Crippen molar-refractivity contribution in [3.63, 3.8) is 0 Å². The van der Waals surface area contributed by atoms with Crippen LogP contribution >= 0.6 is 0 Å². The number of carbonyl (C=O) groups is 1. The molecule has 34 heavy (non-hydrogen) atoms. The Morgan fingerprint density at radius 2 is 1.97 bits per heavy atom. The summed E-state index contributed by atoms with van der Waals surface area (Å²) in [7, 11) is -2.90. The van der Waals surface area contributed by atoms with Crippen LogP contribution in [0.15, 0.2) is 24.5 Å². The van der Waals surface area contributed by atoms with Crippen LogP contribution in [0.3, 0.4) is 0 Å². The number of aromatic nitrogens is 2. The standard InChI is InChI=1S/C20H24F3N5O4S.Na/c1-27-12-16(11-24-27)28(15-5-7-32-8-6-15)33(30,31)26-19(29)25-18-10-14(20(21,22)23)9-13-3-2-4-17(13)18;/h9-12,15H,2-8H2,1H3,(H2,25,26,29);/q;+1/p-1. The minimum atomic E-state index is -4.60. The molecule has 1 fully saturated rings. The molecule has 1 aromatic carbocycles. The number of rotatable bonds is 5. The van der Waals surface area contributed by atoms with Gasteiger partial charge in [0, 0.05) is 32.5 Å². The van der Waals surface area contributed by atoms with Crippen molar-refractivity contribution < 1.29 is 60.7 Å². The average molecular weight is 509 g/mol. The Morgan fingerprint density at radius 3 is 2.59 bits per heavy atom. The van der Waals surface area contributed by atoms with Gasteiger partial charge in [0.25, 0.3) is 10.2 Å². The summed E-state index contributed by atoms with van der Waals surface area (Å²) >= 11 is 0. The maximum absolute atomic E-state index is 13.3. The molecule has 180 valence electrons. The molecule has 1 aliphatic heterocycles. The first-order chi connectivity index (χ1) is 15.5. The molecule has 1 N–H and O–H groups in total. The van der Waals surface area contributed by atoms with Crippen molar-refractivity contribution in [3.05, 3.63) is 45.9 Å². The van der Waals surface area contributed by atoms with Crippen LogP contribution in [0, 0.1) is 0 Å². The van der Waals surface area contributed by atoms with Gasteiger partial charge >= 0.3 is 35.7 Å². The van der Waals surface area contributed by atoms with Gasteiger partial charge in [-0.25, -0.2) is 8.42 Å². The van der Waals surface area contributed by atoms with E-state index in [4.69, 9.17) is 4.74 Å². The predicted octanol–water partition coefficient (Wildman–Crippen LogP) is 0.768. The van der Waals surface area contributed by atoms with Crippen molar-refractivity contribution in [3.8, 4) is 0 Å². The Hall–Kier alpha value is -1.80. The third-order valence-corrected chi connectivity index (χ3v) is 7.10. The third kappa shape index (κ3) is 5.88. The molecule has 0 saturated carbocycles. The molecule has 0 bridgehead atoms. The van der Waals surface area contributed by atoms with Crippen molar-refractivity contribution >= 4 is 27.6 Å². The zero-order valence-corrected chi connectivity index (χ0v) is 21.6. The first-order valence-corrected chi connectivity index (χ1v) is 11.8. The van der Waals surface area contributed by atoms with Crippen molar-refractivity contribution in [2.75, 3.05) is 22.8 Å². The maximum Gasteiger partial charge on any atom is 1.00 e. The van der Waals surface area contributed by atoms with Gasteiger partial charge < -0.3 is 14.8 Å². The van der Waals surface area contributed by atoms with Crippen LogP contribution in [-0.2, 0) is 41.0 Å². The van der Waals surface area contributed by atoms with Crippen LogP contribution in [-0.4, -0.2) is 43.5 Å². The number of hydrogen-bond donors (Lipinski definition) is 1. The molecule has 0 atom stereocenters. The van der Waals surface area contributed by atoms with Gasteiger partial charge in [0.15, 0.2) is 6.03 Å². The molecule has 2 amide bonds. The summed E-state index contributed by atoms with van der Waals surface area (Å²) in [6.07, 6.45) is 0.614. The molecule has 2 heterocycles. The topological polar surface area (TPSA) is 108 Å². The zero-order chi connectivity index (χ0) is 23.8. The second-order valence-corrected chi connectivity index (χ2v) is 9.50. The number of amides is 2. The van der Waals surface area contributed by atoms with E-state index < -0.39 is 34.0 Å². The number of fused-ring (bicyclic) bond motifs is 1. The minimum absolute atomic E-state index is 0. The van der Waals surface area contributed by atoms with Crippen LogP contribution in [0.25, 0.3) is 4.72 Å². The fraction of sp³-hybridized carbons (Fsp3) is 0.500. The molecule has 2 aliphatic rings. The van der Waals surface area contributed by atoms with Gasteiger partial charge in [-0.3, -0.25) is 13.8 Å². The number of carbonyl (C=O) groups excluding carboxylic acids is 1. The Labute approximate surface area is 217 Å². The van der Waals surface area contributed by atoms with E-state index >= 15 is 0 Å². The van der Waals surface area contributed by atoms with E-state index in [1.54, 1.807) is 7.05 Å². The molecule has 9 nitrogen and oxygen atoms in total. The third-order valence-electron chi connectivity index (χ3n) is 5.70. The molecule has 14 heteroatoms. The summed E-state index contributed by atoms with van der Waals surface area (Å²) in [5, 5.41) is 6.26. The molecule has 1 aromatic heterocycles. The molecule has 2 aromatic rings. The van der Waals surface area contributed by atoms with Gasteiger partial charge in [-0.1, -0.05) is 0 Å². The largest absolute Gasteiger partial charge is 1.00 e. The Kier molecular flexibility index (Phi) is 8.23. The van der Waals surface area contributed by atoms with Crippen LogP contribution in [0.4, 0.5) is 29.3 Å². The molecular weight excluding hydrogens is 486 g/mol. The monoisotopic (exact) mass is 509 g/mol. The number of hydrogen-bond acceptors (Lipinski definition) is 5. The second-order valence-electron chi connectivity index (χ2n) is 8.02. The van der Waals surface area contributed by atoms with Crippen LogP contribution in [0.1, 0.15) is 36.0 Å². The maximum atomic E-state index is 13.3. The average Bonchev–Trinajstić information content (AvgIpc) is 3.36. The van der Waals surface area contributed by atoms with Crippen molar-refractivity contribution in [2.24, 2.45) is 7.05 Å². The summed E-state index contributed by atoms with van der Waals surface area (Å²) in [4.78, 5) is 12.6. The van der Waals surface area contributed by atoms with E-state index in [1.807, 2.05) is 0 Å². The van der Waals surface area contributed by atoms with Gasteiger partial charge in [0.05, 0.1) is 17.4 Å². The predicted molar refractivity (Wildman–Crippen MR) is 114 cm³/mol. The van der Waals surface area contributed by atoms with Crippen molar-refractivity contribution in [2.45, 2.75) is 44.3 Å². The molecule has 1 aliphatic carbocycles. The van der Waals surface area contributed by atoms with Gasteiger partial charge in [-0.15, -0.1) is 0 Å². The van der Waals surface area contributed by atoms with E-state index in [-0.39, 0.29) is 40.9 Å². The number of alkyl halides is 3. The summed E-state index contributed by atoms with van der Waals surface area (Å²) < 4.78 is 77.3. The van der Waals surface area contributed by atoms with E-state index in [0.717, 1.165) is 16.4 Å².